The lowest BCUT2D eigenvalue weighted by atomic mass is 10.2. The number of nitrogens with zero attached hydrogens (tertiary/aromatic N) is 1. The average Bonchev–Trinajstić information content (AvgIpc) is 2.89. The predicted octanol–water partition coefficient (Wildman–Crippen LogP) is 2.60. The monoisotopic (exact) mass is 293 g/mol. The minimum Gasteiger partial charge on any atom is -0.298 e. The van der Waals surface area contributed by atoms with Gasteiger partial charge in [0.1, 0.15) is 0 Å². The van der Waals surface area contributed by atoms with Crippen LogP contribution in [-0.2, 0) is 9.84 Å². The molecule has 2 atom stereocenters. The van der Waals surface area contributed by atoms with E-state index < -0.39 is 9.84 Å². The van der Waals surface area contributed by atoms with Crippen LogP contribution in [0, 0.1) is 0 Å². The first-order valence-corrected chi connectivity index (χ1v) is 9.04. The van der Waals surface area contributed by atoms with Crippen molar-refractivity contribution in [1.82, 2.24) is 4.90 Å². The van der Waals surface area contributed by atoms with Crippen LogP contribution in [0.25, 0.3) is 6.08 Å². The molecule has 0 saturated heterocycles. The molecule has 0 amide bonds. The van der Waals surface area contributed by atoms with E-state index in [-0.39, 0.29) is 11.3 Å². The molecule has 0 aliphatic heterocycles. The molecule has 0 radical (unpaired) electrons. The fourth-order valence-corrected chi connectivity index (χ4v) is 4.47. The molecular weight excluding hydrogens is 270 g/mol. The molecule has 0 heterocycles. The van der Waals surface area contributed by atoms with Crippen molar-refractivity contribution in [3.05, 3.63) is 42.0 Å². The molecule has 0 N–H and O–H groups in total. The Hall–Kier alpha value is -1.13. The van der Waals surface area contributed by atoms with Gasteiger partial charge in [0.25, 0.3) is 0 Å². The summed E-state index contributed by atoms with van der Waals surface area (Å²) in [5.41, 5.74) is 1.17. The lowest BCUT2D eigenvalue weighted by Crippen LogP contribution is -2.41. The average molecular weight is 293 g/mol. The van der Waals surface area contributed by atoms with Crippen molar-refractivity contribution in [2.75, 3.05) is 19.8 Å². The van der Waals surface area contributed by atoms with Gasteiger partial charge in [-0.05, 0) is 25.5 Å². The Kier molecular flexibility index (Phi) is 5.00. The number of rotatable bonds is 5. The number of hydrogen-bond acceptors (Lipinski definition) is 3. The molecule has 3 nitrogen and oxygen atoms in total. The van der Waals surface area contributed by atoms with Crippen LogP contribution in [0.1, 0.15) is 24.8 Å². The normalized spacial score (nSPS) is 23.8. The molecule has 2 rings (SSSR count). The maximum Gasteiger partial charge on any atom is 0.151 e. The van der Waals surface area contributed by atoms with E-state index in [2.05, 4.69) is 29.2 Å². The minimum absolute atomic E-state index is 0.158. The third kappa shape index (κ3) is 3.93. The van der Waals surface area contributed by atoms with Crippen molar-refractivity contribution in [2.45, 2.75) is 30.6 Å². The summed E-state index contributed by atoms with van der Waals surface area (Å²) in [6.07, 6.45) is 8.34. The molecule has 1 aliphatic rings. The summed E-state index contributed by atoms with van der Waals surface area (Å²) in [7, 11) is -0.922. The van der Waals surface area contributed by atoms with Gasteiger partial charge in [0.2, 0.25) is 0 Å². The first-order valence-electron chi connectivity index (χ1n) is 7.09. The van der Waals surface area contributed by atoms with Gasteiger partial charge in [0.15, 0.2) is 9.84 Å². The highest BCUT2D eigenvalue weighted by Crippen LogP contribution is 2.28. The van der Waals surface area contributed by atoms with Crippen molar-refractivity contribution >= 4 is 15.9 Å². The lowest BCUT2D eigenvalue weighted by Gasteiger charge is -2.27. The van der Waals surface area contributed by atoms with Crippen LogP contribution >= 0.6 is 0 Å². The van der Waals surface area contributed by atoms with E-state index in [1.807, 2.05) is 25.2 Å². The van der Waals surface area contributed by atoms with Crippen LogP contribution in [0.3, 0.4) is 0 Å². The highest BCUT2D eigenvalue weighted by Gasteiger charge is 2.36. The van der Waals surface area contributed by atoms with Crippen molar-refractivity contribution < 1.29 is 8.42 Å². The first-order chi connectivity index (χ1) is 9.48. The summed E-state index contributed by atoms with van der Waals surface area (Å²) in [6.45, 7) is 0.783. The standard InChI is InChI=1S/C16H23NO2S/c1-17(13-7-10-14-8-4-3-5-9-14)15-11-6-12-16(15)20(2,18)19/h3-5,7-10,15-16H,6,11-13H2,1-2H3/b10-7+. The van der Waals surface area contributed by atoms with Crippen molar-refractivity contribution in [1.29, 1.82) is 0 Å². The zero-order valence-corrected chi connectivity index (χ0v) is 13.0. The van der Waals surface area contributed by atoms with E-state index in [0.717, 1.165) is 25.8 Å². The van der Waals surface area contributed by atoms with Crippen LogP contribution in [0.4, 0.5) is 0 Å². The fraction of sp³-hybridized carbons (Fsp3) is 0.500. The van der Waals surface area contributed by atoms with Crippen LogP contribution in [0.2, 0.25) is 0 Å². The van der Waals surface area contributed by atoms with Crippen molar-refractivity contribution in [2.24, 2.45) is 0 Å². The molecule has 1 saturated carbocycles. The molecule has 2 unspecified atom stereocenters. The van der Waals surface area contributed by atoms with Crippen molar-refractivity contribution in [3.63, 3.8) is 0 Å². The van der Waals surface area contributed by atoms with Gasteiger partial charge in [0, 0.05) is 18.8 Å². The Morgan fingerprint density at radius 1 is 1.25 bits per heavy atom. The predicted molar refractivity (Wildman–Crippen MR) is 84.4 cm³/mol. The highest BCUT2D eigenvalue weighted by atomic mass is 32.2. The van der Waals surface area contributed by atoms with Gasteiger partial charge >= 0.3 is 0 Å². The van der Waals surface area contributed by atoms with Crippen LogP contribution in [0.5, 0.6) is 0 Å². The molecule has 1 aromatic carbocycles. The highest BCUT2D eigenvalue weighted by molar-refractivity contribution is 7.91. The Morgan fingerprint density at radius 3 is 2.60 bits per heavy atom. The van der Waals surface area contributed by atoms with Gasteiger partial charge in [-0.2, -0.15) is 0 Å². The van der Waals surface area contributed by atoms with Gasteiger partial charge in [-0.15, -0.1) is 0 Å². The first kappa shape index (κ1) is 15.3. The van der Waals surface area contributed by atoms with Gasteiger partial charge in [-0.3, -0.25) is 4.90 Å². The maximum atomic E-state index is 11.8. The summed E-state index contributed by atoms with van der Waals surface area (Å²) >= 11 is 0. The number of likely N-dealkylation sites (N-methyl/N-ethyl adjacent to an activating group) is 1. The largest absolute Gasteiger partial charge is 0.298 e. The third-order valence-electron chi connectivity index (χ3n) is 4.04. The molecule has 0 aromatic heterocycles. The summed E-state index contributed by atoms with van der Waals surface area (Å²) in [4.78, 5) is 2.16. The summed E-state index contributed by atoms with van der Waals surface area (Å²) in [5, 5.41) is -0.197. The van der Waals surface area contributed by atoms with Crippen LogP contribution in [0.15, 0.2) is 36.4 Å². The Morgan fingerprint density at radius 2 is 1.95 bits per heavy atom. The third-order valence-corrected chi connectivity index (χ3v) is 5.69. The summed E-state index contributed by atoms with van der Waals surface area (Å²) in [6, 6.07) is 10.3. The molecule has 20 heavy (non-hydrogen) atoms. The Labute approximate surface area is 122 Å². The van der Waals surface area contributed by atoms with Gasteiger partial charge in [0.05, 0.1) is 5.25 Å². The minimum atomic E-state index is -2.94. The molecule has 110 valence electrons. The fourth-order valence-electron chi connectivity index (χ4n) is 2.96. The molecule has 4 heteroatoms. The van der Waals surface area contributed by atoms with E-state index in [4.69, 9.17) is 0 Å². The van der Waals surface area contributed by atoms with E-state index in [0.29, 0.717) is 0 Å². The number of hydrogen-bond donors (Lipinski definition) is 0. The topological polar surface area (TPSA) is 37.4 Å². The van der Waals surface area contributed by atoms with Crippen molar-refractivity contribution in [3.8, 4) is 0 Å². The number of benzene rings is 1. The second-order valence-corrected chi connectivity index (χ2v) is 7.88. The van der Waals surface area contributed by atoms with Crippen LogP contribution in [-0.4, -0.2) is 44.5 Å². The Balaban J connectivity index is 1.95. The van der Waals surface area contributed by atoms with Gasteiger partial charge in [-0.1, -0.05) is 48.9 Å². The molecule has 1 aromatic rings. The summed E-state index contributed by atoms with van der Waals surface area (Å²) < 4.78 is 23.6. The van der Waals surface area contributed by atoms with Gasteiger partial charge in [-0.25, -0.2) is 8.42 Å². The molecule has 0 bridgehead atoms. The molecule has 1 aliphatic carbocycles. The van der Waals surface area contributed by atoms with Gasteiger partial charge < -0.3 is 0 Å². The quantitative estimate of drug-likeness (QED) is 0.837. The van der Waals surface area contributed by atoms with E-state index in [9.17, 15) is 8.42 Å². The molecule has 1 fully saturated rings. The van der Waals surface area contributed by atoms with Crippen LogP contribution < -0.4 is 0 Å². The lowest BCUT2D eigenvalue weighted by molar-refractivity contribution is 0.272. The molecular formula is C16H23NO2S. The molecule has 0 spiro atoms. The summed E-state index contributed by atoms with van der Waals surface area (Å²) in [5.74, 6) is 0. The second-order valence-electron chi connectivity index (χ2n) is 5.62. The van der Waals surface area contributed by atoms with E-state index >= 15 is 0 Å². The smallest absolute Gasteiger partial charge is 0.151 e. The number of sulfone groups is 1. The zero-order chi connectivity index (χ0) is 14.6. The Bertz CT molecular complexity index is 551. The van der Waals surface area contributed by atoms with E-state index in [1.165, 1.54) is 11.8 Å². The SMILES string of the molecule is CN(C/C=C/c1ccccc1)C1CCCC1S(C)(=O)=O. The zero-order valence-electron chi connectivity index (χ0n) is 12.2. The second kappa shape index (κ2) is 6.55. The maximum absolute atomic E-state index is 11.8. The van der Waals surface area contributed by atoms with E-state index in [1.54, 1.807) is 0 Å².